The molecule has 0 radical (unpaired) electrons. The van der Waals surface area contributed by atoms with E-state index < -0.39 is 0 Å². The highest BCUT2D eigenvalue weighted by atomic mass is 16.2. The summed E-state index contributed by atoms with van der Waals surface area (Å²) in [7, 11) is 1.94. The van der Waals surface area contributed by atoms with Gasteiger partial charge in [-0.15, -0.1) is 0 Å². The van der Waals surface area contributed by atoms with E-state index in [1.54, 1.807) is 6.20 Å². The summed E-state index contributed by atoms with van der Waals surface area (Å²) in [4.78, 5) is 16.7. The molecule has 0 spiro atoms. The molecule has 2 heterocycles. The van der Waals surface area contributed by atoms with Crippen LogP contribution < -0.4 is 0 Å². The van der Waals surface area contributed by atoms with Crippen LogP contribution in [-0.4, -0.2) is 52.2 Å². The van der Waals surface area contributed by atoms with Crippen LogP contribution in [0.1, 0.15) is 24.8 Å². The lowest BCUT2D eigenvalue weighted by atomic mass is 10.1. The summed E-state index contributed by atoms with van der Waals surface area (Å²) in [5.41, 5.74) is 1.37. The van der Waals surface area contributed by atoms with Gasteiger partial charge in [0, 0.05) is 52.0 Å². The van der Waals surface area contributed by atoms with Gasteiger partial charge in [0.05, 0.1) is 0 Å². The maximum atomic E-state index is 12.3. The normalized spacial score (nSPS) is 17.7. The zero-order chi connectivity index (χ0) is 17.5. The zero-order valence-corrected chi connectivity index (χ0v) is 15.1. The van der Waals surface area contributed by atoms with Crippen molar-refractivity contribution < 1.29 is 4.79 Å². The smallest absolute Gasteiger partial charge is 0.222 e. The van der Waals surface area contributed by atoms with Gasteiger partial charge in [-0.1, -0.05) is 30.3 Å². The fourth-order valence-corrected chi connectivity index (χ4v) is 3.55. The quantitative estimate of drug-likeness (QED) is 0.742. The molecule has 1 unspecified atom stereocenters. The van der Waals surface area contributed by atoms with Crippen LogP contribution in [0.2, 0.25) is 0 Å². The van der Waals surface area contributed by atoms with Gasteiger partial charge in [0.15, 0.2) is 0 Å². The molecule has 5 nitrogen and oxygen atoms in total. The minimum atomic E-state index is 0.244. The molecule has 25 heavy (non-hydrogen) atoms. The molecule has 1 atom stereocenters. The Morgan fingerprint density at radius 1 is 1.28 bits per heavy atom. The molecule has 1 aromatic carbocycles. The zero-order valence-electron chi connectivity index (χ0n) is 15.1. The predicted molar refractivity (Wildman–Crippen MR) is 98.9 cm³/mol. The third-order valence-corrected chi connectivity index (χ3v) is 4.91. The Hall–Kier alpha value is -2.14. The standard InChI is InChI=1S/C20H28N4O/c1-22(20(25)9-5-12-24-13-6-11-21-24)15-19-10-14-23(17-19)16-18-7-3-2-4-8-18/h2-4,6-8,11,13,19H,5,9-10,12,14-17H2,1H3. The van der Waals surface area contributed by atoms with E-state index in [1.165, 1.54) is 12.0 Å². The summed E-state index contributed by atoms with van der Waals surface area (Å²) in [6.07, 6.45) is 6.33. The van der Waals surface area contributed by atoms with Crippen LogP contribution >= 0.6 is 0 Å². The molecule has 5 heteroatoms. The van der Waals surface area contributed by atoms with Crippen molar-refractivity contribution in [3.63, 3.8) is 0 Å². The fraction of sp³-hybridized carbons (Fsp3) is 0.500. The summed E-state index contributed by atoms with van der Waals surface area (Å²) in [6, 6.07) is 12.5. The number of aryl methyl sites for hydroxylation is 1. The van der Waals surface area contributed by atoms with E-state index in [1.807, 2.05) is 28.9 Å². The number of likely N-dealkylation sites (tertiary alicyclic amines) is 1. The van der Waals surface area contributed by atoms with Crippen molar-refractivity contribution in [3.05, 3.63) is 54.4 Å². The highest BCUT2D eigenvalue weighted by molar-refractivity contribution is 5.75. The maximum Gasteiger partial charge on any atom is 0.222 e. The predicted octanol–water partition coefficient (Wildman–Crippen LogP) is 2.64. The minimum absolute atomic E-state index is 0.244. The monoisotopic (exact) mass is 340 g/mol. The van der Waals surface area contributed by atoms with E-state index in [9.17, 15) is 4.79 Å². The Labute approximate surface area is 150 Å². The molecule has 1 aliphatic rings. The number of benzene rings is 1. The Balaban J connectivity index is 1.36. The van der Waals surface area contributed by atoms with Crippen molar-refractivity contribution in [1.82, 2.24) is 19.6 Å². The van der Waals surface area contributed by atoms with E-state index in [2.05, 4.69) is 40.3 Å². The topological polar surface area (TPSA) is 41.4 Å². The van der Waals surface area contributed by atoms with Crippen molar-refractivity contribution in [2.24, 2.45) is 5.92 Å². The highest BCUT2D eigenvalue weighted by Gasteiger charge is 2.24. The van der Waals surface area contributed by atoms with Crippen molar-refractivity contribution >= 4 is 5.91 Å². The van der Waals surface area contributed by atoms with E-state index in [4.69, 9.17) is 0 Å². The van der Waals surface area contributed by atoms with Crippen LogP contribution in [0, 0.1) is 5.92 Å². The van der Waals surface area contributed by atoms with E-state index in [0.29, 0.717) is 12.3 Å². The largest absolute Gasteiger partial charge is 0.345 e. The first-order chi connectivity index (χ1) is 12.2. The van der Waals surface area contributed by atoms with Crippen LogP contribution in [0.15, 0.2) is 48.8 Å². The van der Waals surface area contributed by atoms with Gasteiger partial charge in [-0.25, -0.2) is 0 Å². The highest BCUT2D eigenvalue weighted by Crippen LogP contribution is 2.19. The van der Waals surface area contributed by atoms with Crippen molar-refractivity contribution in [3.8, 4) is 0 Å². The molecule has 1 aromatic heterocycles. The molecule has 1 aliphatic heterocycles. The molecule has 0 bridgehead atoms. The lowest BCUT2D eigenvalue weighted by Crippen LogP contribution is -2.33. The Bertz CT molecular complexity index is 641. The Morgan fingerprint density at radius 3 is 2.88 bits per heavy atom. The molecule has 0 aliphatic carbocycles. The van der Waals surface area contributed by atoms with Gasteiger partial charge in [-0.05, 0) is 36.9 Å². The average Bonchev–Trinajstić information content (AvgIpc) is 3.28. The molecular weight excluding hydrogens is 312 g/mol. The fourth-order valence-electron chi connectivity index (χ4n) is 3.55. The molecule has 1 amide bonds. The SMILES string of the molecule is CN(CC1CCN(Cc2ccccc2)C1)C(=O)CCCn1cccn1. The maximum absolute atomic E-state index is 12.3. The molecule has 0 N–H and O–H groups in total. The number of carbonyl (C=O) groups excluding carboxylic acids is 1. The van der Waals surface area contributed by atoms with Crippen molar-refractivity contribution in [1.29, 1.82) is 0 Å². The third kappa shape index (κ3) is 5.43. The van der Waals surface area contributed by atoms with Gasteiger partial charge in [0.1, 0.15) is 0 Å². The third-order valence-electron chi connectivity index (χ3n) is 4.91. The summed E-state index contributed by atoms with van der Waals surface area (Å²) >= 11 is 0. The second-order valence-electron chi connectivity index (χ2n) is 7.02. The average molecular weight is 340 g/mol. The second kappa shape index (κ2) is 8.81. The molecule has 2 aromatic rings. The second-order valence-corrected chi connectivity index (χ2v) is 7.02. The van der Waals surface area contributed by atoms with Gasteiger partial charge >= 0.3 is 0 Å². The molecule has 1 fully saturated rings. The first kappa shape index (κ1) is 17.7. The van der Waals surface area contributed by atoms with E-state index in [-0.39, 0.29) is 5.91 Å². The van der Waals surface area contributed by atoms with Gasteiger partial charge in [-0.2, -0.15) is 5.10 Å². The molecule has 3 rings (SSSR count). The first-order valence-electron chi connectivity index (χ1n) is 9.18. The minimum Gasteiger partial charge on any atom is -0.345 e. The molecule has 0 saturated carbocycles. The first-order valence-corrected chi connectivity index (χ1v) is 9.18. The Kier molecular flexibility index (Phi) is 6.23. The lowest BCUT2D eigenvalue weighted by molar-refractivity contribution is -0.130. The summed E-state index contributed by atoms with van der Waals surface area (Å²) in [6.45, 7) is 4.90. The number of hydrogen-bond acceptors (Lipinski definition) is 3. The number of carbonyl (C=O) groups is 1. The van der Waals surface area contributed by atoms with Gasteiger partial charge in [0.25, 0.3) is 0 Å². The van der Waals surface area contributed by atoms with E-state index >= 15 is 0 Å². The van der Waals surface area contributed by atoms with Crippen LogP contribution in [0.3, 0.4) is 0 Å². The Morgan fingerprint density at radius 2 is 2.12 bits per heavy atom. The molecule has 134 valence electrons. The van der Waals surface area contributed by atoms with Crippen molar-refractivity contribution in [2.45, 2.75) is 32.4 Å². The molecule has 1 saturated heterocycles. The lowest BCUT2D eigenvalue weighted by Gasteiger charge is -2.22. The van der Waals surface area contributed by atoms with Crippen molar-refractivity contribution in [2.75, 3.05) is 26.7 Å². The van der Waals surface area contributed by atoms with E-state index in [0.717, 1.165) is 39.1 Å². The van der Waals surface area contributed by atoms with Gasteiger partial charge in [0.2, 0.25) is 5.91 Å². The number of rotatable bonds is 8. The summed E-state index contributed by atoms with van der Waals surface area (Å²) < 4.78 is 1.88. The number of aromatic nitrogens is 2. The van der Waals surface area contributed by atoms with Crippen LogP contribution in [0.4, 0.5) is 0 Å². The van der Waals surface area contributed by atoms with Crippen LogP contribution in [0.5, 0.6) is 0 Å². The van der Waals surface area contributed by atoms with Gasteiger partial charge < -0.3 is 4.90 Å². The van der Waals surface area contributed by atoms with Crippen LogP contribution in [-0.2, 0) is 17.9 Å². The van der Waals surface area contributed by atoms with Gasteiger partial charge in [-0.3, -0.25) is 14.4 Å². The number of amides is 1. The number of nitrogens with zero attached hydrogens (tertiary/aromatic N) is 4. The summed E-state index contributed by atoms with van der Waals surface area (Å²) in [5, 5.41) is 4.17. The molecular formula is C20H28N4O. The number of hydrogen-bond donors (Lipinski definition) is 0. The van der Waals surface area contributed by atoms with Crippen LogP contribution in [0.25, 0.3) is 0 Å². The summed E-state index contributed by atoms with van der Waals surface area (Å²) in [5.74, 6) is 0.831.